The van der Waals surface area contributed by atoms with Crippen molar-refractivity contribution in [3.05, 3.63) is 36.4 Å². The van der Waals surface area contributed by atoms with Crippen LogP contribution in [0.2, 0.25) is 0 Å². The van der Waals surface area contributed by atoms with Gasteiger partial charge in [-0.05, 0) is 18.2 Å². The van der Waals surface area contributed by atoms with Crippen molar-refractivity contribution in [1.29, 1.82) is 0 Å². The monoisotopic (exact) mass is 360 g/mol. The van der Waals surface area contributed by atoms with Crippen molar-refractivity contribution in [2.45, 2.75) is 18.1 Å². The van der Waals surface area contributed by atoms with E-state index >= 15 is 0 Å². The molecule has 1 amide bonds. The highest BCUT2D eigenvalue weighted by Crippen LogP contribution is 2.49. The summed E-state index contributed by atoms with van der Waals surface area (Å²) in [6, 6.07) is 5.07. The number of anilines is 2. The fourth-order valence-electron chi connectivity index (χ4n) is 3.96. The molecule has 0 aromatic heterocycles. The van der Waals surface area contributed by atoms with Crippen LogP contribution in [0.25, 0.3) is 0 Å². The third-order valence-corrected chi connectivity index (χ3v) is 5.47. The zero-order valence-electron chi connectivity index (χ0n) is 14.2. The summed E-state index contributed by atoms with van der Waals surface area (Å²) < 4.78 is 20.3. The number of piperazine rings is 1. The Balaban J connectivity index is 1.33. The molecule has 1 spiro atoms. The van der Waals surface area contributed by atoms with E-state index in [0.29, 0.717) is 17.9 Å². The highest BCUT2D eigenvalue weighted by atomic mass is 19.1. The van der Waals surface area contributed by atoms with E-state index in [9.17, 15) is 9.18 Å². The largest absolute Gasteiger partial charge is 0.438 e. The molecule has 1 aliphatic carbocycles. The lowest BCUT2D eigenvalue weighted by Crippen LogP contribution is -2.43. The second kappa shape index (κ2) is 5.75. The summed E-state index contributed by atoms with van der Waals surface area (Å²) >= 11 is 0. The van der Waals surface area contributed by atoms with Crippen molar-refractivity contribution in [2.75, 3.05) is 42.5 Å². The topological polar surface area (TPSA) is 72.1 Å². The average Bonchev–Trinajstić information content (AvgIpc) is 2.99. The summed E-state index contributed by atoms with van der Waals surface area (Å²) in [5.74, 6) is -0.307. The second-order valence-electron chi connectivity index (χ2n) is 7.09. The molecule has 3 aliphatic heterocycles. The molecule has 3 fully saturated rings. The average molecular weight is 360 g/mol. The normalized spacial score (nSPS) is 30.1. The first kappa shape index (κ1) is 15.7. The summed E-state index contributed by atoms with van der Waals surface area (Å²) in [7, 11) is 0. The summed E-state index contributed by atoms with van der Waals surface area (Å²) in [6.07, 6.45) is 3.98. The Hall–Kier alpha value is -2.52. The molecule has 26 heavy (non-hydrogen) atoms. The van der Waals surface area contributed by atoms with Crippen molar-refractivity contribution in [2.24, 2.45) is 0 Å². The molecule has 0 bridgehead atoms. The number of hydrogen-bond acceptors (Lipinski definition) is 7. The number of amides is 1. The smallest absolute Gasteiger partial charge is 0.415 e. The Kier molecular flexibility index (Phi) is 3.47. The number of ether oxygens (including phenoxy) is 1. The van der Waals surface area contributed by atoms with Crippen LogP contribution in [0, 0.1) is 5.82 Å². The molecule has 2 atom stereocenters. The number of benzene rings is 1. The predicted molar refractivity (Wildman–Crippen MR) is 93.7 cm³/mol. The molecule has 0 unspecified atom stereocenters. The number of carbonyl (C=O) groups is 1. The maximum Gasteiger partial charge on any atom is 0.415 e. The van der Waals surface area contributed by atoms with Crippen LogP contribution in [0.4, 0.5) is 20.6 Å². The van der Waals surface area contributed by atoms with E-state index in [4.69, 9.17) is 4.74 Å². The van der Waals surface area contributed by atoms with E-state index < -0.39 is 11.7 Å². The van der Waals surface area contributed by atoms with Gasteiger partial charge in [-0.3, -0.25) is 9.91 Å². The molecule has 9 heteroatoms. The lowest BCUT2D eigenvalue weighted by atomic mass is 10.2. The minimum absolute atomic E-state index is 0.0765. The molecule has 3 heterocycles. The predicted octanol–water partition coefficient (Wildman–Crippen LogP) is 0.499. The van der Waals surface area contributed by atoms with Gasteiger partial charge in [0.05, 0.1) is 24.0 Å². The lowest BCUT2D eigenvalue weighted by Gasteiger charge is -2.30. The van der Waals surface area contributed by atoms with E-state index in [1.165, 1.54) is 11.0 Å². The molecule has 1 aromatic carbocycles. The molecule has 1 aromatic rings. The van der Waals surface area contributed by atoms with Crippen LogP contribution in [0.3, 0.4) is 0 Å². The van der Waals surface area contributed by atoms with E-state index in [-0.39, 0.29) is 11.9 Å². The van der Waals surface area contributed by atoms with Gasteiger partial charge in [0.25, 0.3) is 0 Å². The fourth-order valence-corrected chi connectivity index (χ4v) is 3.96. The molecule has 1 saturated carbocycles. The Labute approximate surface area is 150 Å². The molecule has 5 rings (SSSR count). The third kappa shape index (κ3) is 2.46. The Morgan fingerprint density at radius 1 is 1.27 bits per heavy atom. The van der Waals surface area contributed by atoms with Gasteiger partial charge >= 0.3 is 6.09 Å². The van der Waals surface area contributed by atoms with Gasteiger partial charge in [-0.1, -0.05) is 0 Å². The number of halogens is 1. The van der Waals surface area contributed by atoms with Crippen molar-refractivity contribution in [3.8, 4) is 0 Å². The second-order valence-corrected chi connectivity index (χ2v) is 7.09. The summed E-state index contributed by atoms with van der Waals surface area (Å²) in [5, 5.41) is 5.15. The van der Waals surface area contributed by atoms with Gasteiger partial charge in [0.2, 0.25) is 0 Å². The van der Waals surface area contributed by atoms with Crippen molar-refractivity contribution in [1.82, 2.24) is 21.3 Å². The molecule has 138 valence electrons. The first-order valence-corrected chi connectivity index (χ1v) is 8.88. The number of hydrogen-bond donors (Lipinski definition) is 3. The highest BCUT2D eigenvalue weighted by Gasteiger charge is 2.66. The summed E-state index contributed by atoms with van der Waals surface area (Å²) in [5.41, 5.74) is 6.45. The first-order valence-electron chi connectivity index (χ1n) is 8.88. The van der Waals surface area contributed by atoms with E-state index in [1.807, 2.05) is 16.1 Å². The SMILES string of the molecule is O=C1O[C@@]2(C[C@@H]2N2C=CNN2)CN1c1ccc(N2CCNCC2)c(F)c1. The Bertz CT molecular complexity index is 768. The van der Waals surface area contributed by atoms with Gasteiger partial charge in [0.15, 0.2) is 5.60 Å². The van der Waals surface area contributed by atoms with Crippen LogP contribution in [0.15, 0.2) is 30.6 Å². The van der Waals surface area contributed by atoms with Crippen LogP contribution in [0.5, 0.6) is 0 Å². The molecule has 4 aliphatic rings. The number of carbonyl (C=O) groups excluding carboxylic acids is 1. The molecule has 2 saturated heterocycles. The number of nitrogens with zero attached hydrogens (tertiary/aromatic N) is 3. The van der Waals surface area contributed by atoms with E-state index in [1.54, 1.807) is 18.3 Å². The number of nitrogens with one attached hydrogen (secondary N) is 3. The van der Waals surface area contributed by atoms with Crippen molar-refractivity contribution in [3.63, 3.8) is 0 Å². The maximum absolute atomic E-state index is 14.7. The molecular weight excluding hydrogens is 339 g/mol. The maximum atomic E-state index is 14.7. The van der Waals surface area contributed by atoms with E-state index in [0.717, 1.165) is 32.6 Å². The van der Waals surface area contributed by atoms with Crippen LogP contribution in [-0.4, -0.2) is 55.5 Å². The quantitative estimate of drug-likeness (QED) is 0.725. The molecular formula is C17H21FN6O2. The number of hydrazine groups is 2. The van der Waals surface area contributed by atoms with Crippen LogP contribution < -0.4 is 26.1 Å². The van der Waals surface area contributed by atoms with Gasteiger partial charge in [-0.2, -0.15) is 0 Å². The van der Waals surface area contributed by atoms with Crippen LogP contribution in [-0.2, 0) is 4.74 Å². The highest BCUT2D eigenvalue weighted by molar-refractivity contribution is 5.91. The van der Waals surface area contributed by atoms with Crippen LogP contribution in [0.1, 0.15) is 6.42 Å². The van der Waals surface area contributed by atoms with Gasteiger partial charge in [-0.25, -0.2) is 9.18 Å². The summed E-state index contributed by atoms with van der Waals surface area (Å²) in [6.45, 7) is 3.66. The fraction of sp³-hybridized carbons (Fsp3) is 0.471. The van der Waals surface area contributed by atoms with Crippen molar-refractivity contribution >= 4 is 17.5 Å². The molecule has 3 N–H and O–H groups in total. The minimum Gasteiger partial charge on any atom is -0.438 e. The molecule has 8 nitrogen and oxygen atoms in total. The zero-order valence-corrected chi connectivity index (χ0v) is 14.2. The third-order valence-electron chi connectivity index (χ3n) is 5.47. The van der Waals surface area contributed by atoms with Gasteiger partial charge in [0.1, 0.15) is 5.82 Å². The molecule has 0 radical (unpaired) electrons. The van der Waals surface area contributed by atoms with Crippen molar-refractivity contribution < 1.29 is 13.9 Å². The Morgan fingerprint density at radius 2 is 2.12 bits per heavy atom. The standard InChI is InChI=1S/C17H21FN6O2/c18-13-9-12(1-2-14(13)22-6-3-19-4-7-22)23-11-17(26-16(23)25)10-15(17)24-8-5-20-21-24/h1-2,5,8-9,15,19-21H,3-4,6-7,10-11H2/t15-,17-/m0/s1. The summed E-state index contributed by atoms with van der Waals surface area (Å²) in [4.78, 5) is 15.9. The zero-order chi connectivity index (χ0) is 17.7. The lowest BCUT2D eigenvalue weighted by molar-refractivity contribution is 0.100. The van der Waals surface area contributed by atoms with Gasteiger partial charge in [0, 0.05) is 45.0 Å². The van der Waals surface area contributed by atoms with E-state index in [2.05, 4.69) is 16.3 Å². The number of rotatable bonds is 3. The van der Waals surface area contributed by atoms with Gasteiger partial charge < -0.3 is 20.4 Å². The van der Waals surface area contributed by atoms with Gasteiger partial charge in [-0.15, -0.1) is 5.53 Å². The minimum atomic E-state index is -0.534. The first-order chi connectivity index (χ1) is 12.7. The van der Waals surface area contributed by atoms with Crippen LogP contribution >= 0.6 is 0 Å². The Morgan fingerprint density at radius 3 is 2.85 bits per heavy atom.